The topological polar surface area (TPSA) is 62.4 Å². The predicted octanol–water partition coefficient (Wildman–Crippen LogP) is 2.65. The van der Waals surface area contributed by atoms with Crippen LogP contribution in [0.4, 0.5) is 0 Å². The van der Waals surface area contributed by atoms with Crippen LogP contribution in [0.25, 0.3) is 10.9 Å². The maximum Gasteiger partial charge on any atom is 0.335 e. The minimum atomic E-state index is -1.02. The van der Waals surface area contributed by atoms with E-state index in [0.29, 0.717) is 13.0 Å². The Morgan fingerprint density at radius 3 is 3.00 bits per heavy atom. The molecule has 0 unspecified atom stereocenters. The molecule has 2 bridgehead atoms. The van der Waals surface area contributed by atoms with E-state index in [-0.39, 0.29) is 23.6 Å². The molecule has 130 valence electrons. The van der Waals surface area contributed by atoms with Crippen molar-refractivity contribution in [2.45, 2.75) is 23.8 Å². The van der Waals surface area contributed by atoms with E-state index in [4.69, 9.17) is 16.3 Å². The molecule has 2 aromatic rings. The molecule has 6 heteroatoms. The maximum absolute atomic E-state index is 13.1. The quantitative estimate of drug-likeness (QED) is 0.521. The van der Waals surface area contributed by atoms with Gasteiger partial charge in [0.1, 0.15) is 0 Å². The number of aromatic nitrogens is 1. The number of carbonyl (C=O) groups is 2. The number of carbonyl (C=O) groups excluding carboxylic acids is 2. The van der Waals surface area contributed by atoms with Crippen molar-refractivity contribution in [3.05, 3.63) is 48.2 Å². The highest BCUT2D eigenvalue weighted by Crippen LogP contribution is 2.43. The molecule has 1 N–H and O–H groups in total. The Kier molecular flexibility index (Phi) is 3.84. The Morgan fingerprint density at radius 1 is 1.40 bits per heavy atom. The van der Waals surface area contributed by atoms with Crippen LogP contribution in [0.5, 0.6) is 0 Å². The largest absolute Gasteiger partial charge is 0.467 e. The second-order valence-corrected chi connectivity index (χ2v) is 7.23. The second kappa shape index (κ2) is 5.92. The molecule has 25 heavy (non-hydrogen) atoms. The summed E-state index contributed by atoms with van der Waals surface area (Å²) in [5.74, 6) is -0.423. The van der Waals surface area contributed by atoms with Crippen molar-refractivity contribution in [1.29, 1.82) is 0 Å². The summed E-state index contributed by atoms with van der Waals surface area (Å²) in [6.07, 6.45) is 6.16. The molecule has 1 amide bonds. The Balaban J connectivity index is 1.65. The summed E-state index contributed by atoms with van der Waals surface area (Å²) in [5.41, 5.74) is 0.899. The van der Waals surface area contributed by atoms with E-state index < -0.39 is 11.5 Å². The number of likely N-dealkylation sites (tertiary alicyclic amines) is 1. The molecule has 2 heterocycles. The molecule has 1 aromatic heterocycles. The summed E-state index contributed by atoms with van der Waals surface area (Å²) in [6, 6.07) is 7.86. The lowest BCUT2D eigenvalue weighted by Crippen LogP contribution is -2.52. The minimum absolute atomic E-state index is 0.0673. The third kappa shape index (κ3) is 2.45. The number of halogens is 1. The van der Waals surface area contributed by atoms with E-state index in [1.807, 2.05) is 36.5 Å². The normalized spacial score (nSPS) is 27.7. The monoisotopic (exact) mass is 358 g/mol. The molecule has 1 aliphatic carbocycles. The Hall–Kier alpha value is -2.27. The van der Waals surface area contributed by atoms with Crippen molar-refractivity contribution in [3.63, 3.8) is 0 Å². The molecule has 3 atom stereocenters. The van der Waals surface area contributed by atoms with Crippen molar-refractivity contribution in [1.82, 2.24) is 9.88 Å². The zero-order chi connectivity index (χ0) is 17.6. The molecule has 1 aromatic carbocycles. The SMILES string of the molecule is COC(=O)[C@@]12C=C[C@H](Cl)[C@@H](CN1C(=O)Cc1c[nH]c3ccccc13)C2. The van der Waals surface area contributed by atoms with Crippen LogP contribution in [-0.4, -0.2) is 46.3 Å². The summed E-state index contributed by atoms with van der Waals surface area (Å²) in [5, 5.41) is 0.861. The van der Waals surface area contributed by atoms with Gasteiger partial charge in [0.15, 0.2) is 5.54 Å². The zero-order valence-corrected chi connectivity index (χ0v) is 14.6. The number of benzene rings is 1. The van der Waals surface area contributed by atoms with Crippen LogP contribution in [0.3, 0.4) is 0 Å². The highest BCUT2D eigenvalue weighted by molar-refractivity contribution is 6.22. The van der Waals surface area contributed by atoms with Gasteiger partial charge in [-0.3, -0.25) is 4.79 Å². The van der Waals surface area contributed by atoms with Crippen LogP contribution >= 0.6 is 11.6 Å². The molecular weight excluding hydrogens is 340 g/mol. The predicted molar refractivity (Wildman–Crippen MR) is 95.4 cm³/mol. The van der Waals surface area contributed by atoms with Gasteiger partial charge in [0.2, 0.25) is 5.91 Å². The number of amides is 1. The maximum atomic E-state index is 13.1. The summed E-state index contributed by atoms with van der Waals surface area (Å²) in [7, 11) is 1.35. The van der Waals surface area contributed by atoms with Gasteiger partial charge in [0, 0.05) is 23.6 Å². The van der Waals surface area contributed by atoms with Crippen molar-refractivity contribution < 1.29 is 14.3 Å². The van der Waals surface area contributed by atoms with E-state index in [1.54, 1.807) is 11.0 Å². The first-order chi connectivity index (χ1) is 12.0. The number of methoxy groups -OCH3 is 1. The van der Waals surface area contributed by atoms with Gasteiger partial charge < -0.3 is 14.6 Å². The lowest BCUT2D eigenvalue weighted by Gasteiger charge is -2.34. The van der Waals surface area contributed by atoms with Gasteiger partial charge >= 0.3 is 5.97 Å². The number of hydrogen-bond acceptors (Lipinski definition) is 3. The number of para-hydroxylation sites is 1. The molecule has 1 fully saturated rings. The minimum Gasteiger partial charge on any atom is -0.467 e. The second-order valence-electron chi connectivity index (χ2n) is 6.72. The fourth-order valence-electron chi connectivity index (χ4n) is 4.05. The van der Waals surface area contributed by atoms with E-state index in [9.17, 15) is 9.59 Å². The third-order valence-corrected chi connectivity index (χ3v) is 5.84. The average molecular weight is 359 g/mol. The van der Waals surface area contributed by atoms with Crippen LogP contribution in [0.1, 0.15) is 12.0 Å². The Bertz CT molecular complexity index is 874. The van der Waals surface area contributed by atoms with Crippen LogP contribution < -0.4 is 0 Å². The van der Waals surface area contributed by atoms with Crippen molar-refractivity contribution in [2.75, 3.05) is 13.7 Å². The number of nitrogens with zero attached hydrogens (tertiary/aromatic N) is 1. The average Bonchev–Trinajstić information content (AvgIpc) is 3.18. The molecule has 0 radical (unpaired) electrons. The number of rotatable bonds is 3. The number of hydrogen-bond donors (Lipinski definition) is 1. The van der Waals surface area contributed by atoms with Crippen molar-refractivity contribution in [3.8, 4) is 0 Å². The summed E-state index contributed by atoms with van der Waals surface area (Å²) < 4.78 is 5.00. The Morgan fingerprint density at radius 2 is 2.20 bits per heavy atom. The number of aromatic amines is 1. The fraction of sp³-hybridized carbons (Fsp3) is 0.368. The van der Waals surface area contributed by atoms with Gasteiger partial charge in [-0.15, -0.1) is 11.6 Å². The van der Waals surface area contributed by atoms with E-state index in [2.05, 4.69) is 4.98 Å². The summed E-state index contributed by atoms with van der Waals surface area (Å²) >= 11 is 6.33. The van der Waals surface area contributed by atoms with Crippen LogP contribution in [0.15, 0.2) is 42.6 Å². The number of nitrogens with one attached hydrogen (secondary N) is 1. The first-order valence-electron chi connectivity index (χ1n) is 8.32. The standard InChI is InChI=1S/C19H19ClN2O3/c1-25-18(24)19-7-6-15(20)13(9-19)11-22(19)17(23)8-12-10-21-16-5-3-2-4-14(12)16/h2-7,10,13,15,21H,8-9,11H2,1H3/t13-,15+,19+/m1/s1. The molecular formula is C19H19ClN2O3. The molecule has 2 aliphatic rings. The van der Waals surface area contributed by atoms with Gasteiger partial charge in [-0.05, 0) is 24.0 Å². The number of allylic oxidation sites excluding steroid dienone is 1. The molecule has 0 saturated carbocycles. The fourth-order valence-corrected chi connectivity index (χ4v) is 4.29. The van der Waals surface area contributed by atoms with Crippen molar-refractivity contribution >= 4 is 34.4 Å². The van der Waals surface area contributed by atoms with Crippen LogP contribution in [0, 0.1) is 5.92 Å². The van der Waals surface area contributed by atoms with Crippen LogP contribution in [-0.2, 0) is 20.7 Å². The Labute approximate surface area is 150 Å². The zero-order valence-electron chi connectivity index (χ0n) is 13.9. The van der Waals surface area contributed by atoms with Gasteiger partial charge in [0.25, 0.3) is 0 Å². The highest BCUT2D eigenvalue weighted by atomic mass is 35.5. The number of ether oxygens (including phenoxy) is 1. The van der Waals surface area contributed by atoms with Gasteiger partial charge in [0.05, 0.1) is 18.9 Å². The van der Waals surface area contributed by atoms with E-state index in [0.717, 1.165) is 16.5 Å². The third-order valence-electron chi connectivity index (χ3n) is 5.33. The highest BCUT2D eigenvalue weighted by Gasteiger charge is 2.55. The van der Waals surface area contributed by atoms with E-state index in [1.165, 1.54) is 7.11 Å². The molecule has 1 aliphatic heterocycles. The number of H-pyrrole nitrogens is 1. The van der Waals surface area contributed by atoms with Gasteiger partial charge in [-0.2, -0.15) is 0 Å². The molecule has 1 saturated heterocycles. The summed E-state index contributed by atoms with van der Waals surface area (Å²) in [6.45, 7) is 0.470. The number of esters is 1. The lowest BCUT2D eigenvalue weighted by atomic mass is 9.85. The van der Waals surface area contributed by atoms with Crippen LogP contribution in [0.2, 0.25) is 0 Å². The summed E-state index contributed by atoms with van der Waals surface area (Å²) in [4.78, 5) is 30.4. The molecule has 0 spiro atoms. The van der Waals surface area contributed by atoms with Gasteiger partial charge in [-0.1, -0.05) is 30.4 Å². The lowest BCUT2D eigenvalue weighted by molar-refractivity contribution is -0.155. The van der Waals surface area contributed by atoms with E-state index >= 15 is 0 Å². The first kappa shape index (κ1) is 16.2. The van der Waals surface area contributed by atoms with Gasteiger partial charge in [-0.25, -0.2) is 4.79 Å². The molecule has 4 rings (SSSR count). The van der Waals surface area contributed by atoms with Crippen molar-refractivity contribution in [2.24, 2.45) is 5.92 Å². The first-order valence-corrected chi connectivity index (χ1v) is 8.76. The molecule has 5 nitrogen and oxygen atoms in total. The smallest absolute Gasteiger partial charge is 0.335 e. The number of fused-ring (bicyclic) bond motifs is 3. The number of alkyl halides is 1.